The van der Waals surface area contributed by atoms with Crippen LogP contribution in [-0.2, 0) is 0 Å². The van der Waals surface area contributed by atoms with E-state index >= 15 is 0 Å². The van der Waals surface area contributed by atoms with Crippen molar-refractivity contribution in [2.45, 2.75) is 31.7 Å². The summed E-state index contributed by atoms with van der Waals surface area (Å²) in [6.07, 6.45) is 5.27. The summed E-state index contributed by atoms with van der Waals surface area (Å²) in [5.41, 5.74) is 6.39. The number of hydrogen-bond donors (Lipinski definition) is 2. The van der Waals surface area contributed by atoms with Gasteiger partial charge in [-0.2, -0.15) is 0 Å². The van der Waals surface area contributed by atoms with Crippen LogP contribution in [0.2, 0.25) is 0 Å². The van der Waals surface area contributed by atoms with Crippen molar-refractivity contribution in [3.63, 3.8) is 0 Å². The summed E-state index contributed by atoms with van der Waals surface area (Å²) in [5.74, 6) is 0.709. The Labute approximate surface area is 102 Å². The second-order valence-corrected chi connectivity index (χ2v) is 4.85. The molecule has 1 atom stereocenters. The summed E-state index contributed by atoms with van der Waals surface area (Å²) < 4.78 is 13.6. The van der Waals surface area contributed by atoms with Gasteiger partial charge in [0.05, 0.1) is 0 Å². The van der Waals surface area contributed by atoms with Crippen LogP contribution in [0, 0.1) is 11.7 Å². The molecule has 1 fully saturated rings. The lowest BCUT2D eigenvalue weighted by molar-refractivity contribution is 0.287. The van der Waals surface area contributed by atoms with Gasteiger partial charge in [0.15, 0.2) is 0 Å². The SMILES string of the molecule is NCC(NCCC1CCC1)c1ccccc1F. The third-order valence-corrected chi connectivity index (χ3v) is 3.68. The molecular weight excluding hydrogens is 215 g/mol. The number of halogens is 1. The number of rotatable bonds is 6. The highest BCUT2D eigenvalue weighted by molar-refractivity contribution is 5.21. The first kappa shape index (κ1) is 12.5. The van der Waals surface area contributed by atoms with Gasteiger partial charge in [-0.05, 0) is 24.9 Å². The van der Waals surface area contributed by atoms with Crippen LogP contribution in [0.5, 0.6) is 0 Å². The maximum absolute atomic E-state index is 13.6. The van der Waals surface area contributed by atoms with E-state index < -0.39 is 0 Å². The normalized spacial score (nSPS) is 17.8. The van der Waals surface area contributed by atoms with Crippen molar-refractivity contribution in [1.82, 2.24) is 5.32 Å². The molecule has 1 aliphatic rings. The van der Waals surface area contributed by atoms with Crippen molar-refractivity contribution in [2.24, 2.45) is 11.7 Å². The Morgan fingerprint density at radius 2 is 2.12 bits per heavy atom. The summed E-state index contributed by atoms with van der Waals surface area (Å²) in [7, 11) is 0. The molecule has 94 valence electrons. The molecule has 1 aromatic rings. The van der Waals surface area contributed by atoms with Crippen molar-refractivity contribution in [3.05, 3.63) is 35.6 Å². The number of nitrogens with one attached hydrogen (secondary N) is 1. The van der Waals surface area contributed by atoms with Crippen LogP contribution in [0.1, 0.15) is 37.3 Å². The van der Waals surface area contributed by atoms with Gasteiger partial charge in [-0.25, -0.2) is 4.39 Å². The van der Waals surface area contributed by atoms with E-state index in [1.165, 1.54) is 31.7 Å². The Bertz CT molecular complexity index is 350. The van der Waals surface area contributed by atoms with E-state index in [1.807, 2.05) is 12.1 Å². The smallest absolute Gasteiger partial charge is 0.128 e. The molecule has 2 nitrogen and oxygen atoms in total. The van der Waals surface area contributed by atoms with Crippen molar-refractivity contribution < 1.29 is 4.39 Å². The lowest BCUT2D eigenvalue weighted by atomic mass is 9.83. The standard InChI is InChI=1S/C14H21FN2/c15-13-7-2-1-6-12(13)14(10-16)17-9-8-11-4-3-5-11/h1-2,6-7,11,14,17H,3-5,8-10,16H2. The van der Waals surface area contributed by atoms with Crippen LogP contribution in [0.4, 0.5) is 4.39 Å². The first-order valence-corrected chi connectivity index (χ1v) is 6.49. The molecule has 0 saturated heterocycles. The van der Waals surface area contributed by atoms with Gasteiger partial charge in [0.2, 0.25) is 0 Å². The number of benzene rings is 1. The molecule has 2 rings (SSSR count). The third-order valence-electron chi connectivity index (χ3n) is 3.68. The van der Waals surface area contributed by atoms with E-state index in [-0.39, 0.29) is 11.9 Å². The third kappa shape index (κ3) is 3.27. The quantitative estimate of drug-likeness (QED) is 0.796. The number of nitrogens with two attached hydrogens (primary N) is 1. The molecule has 0 bridgehead atoms. The van der Waals surface area contributed by atoms with Gasteiger partial charge in [0.1, 0.15) is 5.82 Å². The highest BCUT2D eigenvalue weighted by atomic mass is 19.1. The molecule has 0 spiro atoms. The van der Waals surface area contributed by atoms with Crippen molar-refractivity contribution in [1.29, 1.82) is 0 Å². The summed E-state index contributed by atoms with van der Waals surface area (Å²) in [4.78, 5) is 0. The zero-order valence-corrected chi connectivity index (χ0v) is 10.2. The molecule has 1 aliphatic carbocycles. The van der Waals surface area contributed by atoms with Crippen LogP contribution < -0.4 is 11.1 Å². The Morgan fingerprint density at radius 3 is 2.71 bits per heavy atom. The minimum atomic E-state index is -0.168. The molecule has 3 heteroatoms. The summed E-state index contributed by atoms with van der Waals surface area (Å²) >= 11 is 0. The molecule has 1 unspecified atom stereocenters. The molecule has 1 saturated carbocycles. The highest BCUT2D eigenvalue weighted by Gasteiger charge is 2.18. The van der Waals surface area contributed by atoms with E-state index in [1.54, 1.807) is 6.07 Å². The van der Waals surface area contributed by atoms with Gasteiger partial charge in [0.25, 0.3) is 0 Å². The Kier molecular flexibility index (Phi) is 4.51. The van der Waals surface area contributed by atoms with E-state index in [0.29, 0.717) is 12.1 Å². The van der Waals surface area contributed by atoms with Crippen LogP contribution in [0.3, 0.4) is 0 Å². The van der Waals surface area contributed by atoms with Crippen LogP contribution in [-0.4, -0.2) is 13.1 Å². The summed E-state index contributed by atoms with van der Waals surface area (Å²) in [5, 5.41) is 3.36. The Hall–Kier alpha value is -0.930. The molecule has 0 radical (unpaired) electrons. The predicted molar refractivity (Wildman–Crippen MR) is 68.2 cm³/mol. The van der Waals surface area contributed by atoms with E-state index in [4.69, 9.17) is 5.73 Å². The van der Waals surface area contributed by atoms with E-state index in [9.17, 15) is 4.39 Å². The van der Waals surface area contributed by atoms with Crippen LogP contribution >= 0.6 is 0 Å². The van der Waals surface area contributed by atoms with Gasteiger partial charge >= 0.3 is 0 Å². The maximum Gasteiger partial charge on any atom is 0.128 e. The lowest BCUT2D eigenvalue weighted by Gasteiger charge is -2.26. The lowest BCUT2D eigenvalue weighted by Crippen LogP contribution is -2.31. The molecule has 1 aromatic carbocycles. The Balaban J connectivity index is 1.85. The fraction of sp³-hybridized carbons (Fsp3) is 0.571. The minimum Gasteiger partial charge on any atom is -0.329 e. The first-order valence-electron chi connectivity index (χ1n) is 6.49. The first-order chi connectivity index (χ1) is 8.31. The predicted octanol–water partition coefficient (Wildman–Crippen LogP) is 2.61. The van der Waals surface area contributed by atoms with Gasteiger partial charge in [-0.1, -0.05) is 37.5 Å². The van der Waals surface area contributed by atoms with Gasteiger partial charge in [-0.15, -0.1) is 0 Å². The summed E-state index contributed by atoms with van der Waals surface area (Å²) in [6.45, 7) is 1.37. The van der Waals surface area contributed by atoms with Crippen LogP contribution in [0.15, 0.2) is 24.3 Å². The van der Waals surface area contributed by atoms with Gasteiger partial charge in [0, 0.05) is 18.2 Å². The van der Waals surface area contributed by atoms with Gasteiger partial charge < -0.3 is 11.1 Å². The van der Waals surface area contributed by atoms with E-state index in [2.05, 4.69) is 5.32 Å². The molecule has 3 N–H and O–H groups in total. The summed E-state index contributed by atoms with van der Waals surface area (Å²) in [6, 6.07) is 6.81. The highest BCUT2D eigenvalue weighted by Crippen LogP contribution is 2.29. The Morgan fingerprint density at radius 1 is 1.35 bits per heavy atom. The van der Waals surface area contributed by atoms with Crippen LogP contribution in [0.25, 0.3) is 0 Å². The van der Waals surface area contributed by atoms with Crippen molar-refractivity contribution in [3.8, 4) is 0 Å². The maximum atomic E-state index is 13.6. The monoisotopic (exact) mass is 236 g/mol. The second-order valence-electron chi connectivity index (χ2n) is 4.85. The largest absolute Gasteiger partial charge is 0.329 e. The molecule has 0 aliphatic heterocycles. The average molecular weight is 236 g/mol. The molecular formula is C14H21FN2. The second kappa shape index (κ2) is 6.12. The zero-order valence-electron chi connectivity index (χ0n) is 10.2. The topological polar surface area (TPSA) is 38.0 Å². The molecule has 17 heavy (non-hydrogen) atoms. The number of hydrogen-bond acceptors (Lipinski definition) is 2. The fourth-order valence-electron chi connectivity index (χ4n) is 2.32. The minimum absolute atomic E-state index is 0.0590. The average Bonchev–Trinajstić information content (AvgIpc) is 2.28. The van der Waals surface area contributed by atoms with Crippen molar-refractivity contribution in [2.75, 3.05) is 13.1 Å². The van der Waals surface area contributed by atoms with Gasteiger partial charge in [-0.3, -0.25) is 0 Å². The molecule has 0 aromatic heterocycles. The molecule has 0 heterocycles. The van der Waals surface area contributed by atoms with Crippen molar-refractivity contribution >= 4 is 0 Å². The zero-order chi connectivity index (χ0) is 12.1. The fourth-order valence-corrected chi connectivity index (χ4v) is 2.32. The molecule has 0 amide bonds. The van der Waals surface area contributed by atoms with E-state index in [0.717, 1.165) is 12.5 Å².